The lowest BCUT2D eigenvalue weighted by Gasteiger charge is -2.11. The Hall–Kier alpha value is -1.40. The van der Waals surface area contributed by atoms with Gasteiger partial charge < -0.3 is 20.8 Å². The molecule has 1 atom stereocenters. The maximum absolute atomic E-state index is 9.20. The third kappa shape index (κ3) is 3.63. The summed E-state index contributed by atoms with van der Waals surface area (Å²) < 4.78 is 0. The number of aryl methyl sites for hydroxylation is 1. The van der Waals surface area contributed by atoms with Crippen LogP contribution in [0.5, 0.6) is 0 Å². The number of nitrogens with one attached hydrogen (secondary N) is 2. The average Bonchev–Trinajstić information content (AvgIpc) is 2.35. The third-order valence-corrected chi connectivity index (χ3v) is 2.07. The molecule has 0 amide bonds. The van der Waals surface area contributed by atoms with Crippen LogP contribution >= 0.6 is 0 Å². The lowest BCUT2D eigenvalue weighted by molar-refractivity contribution is 0.105. The Balaban J connectivity index is 2.71. The van der Waals surface area contributed by atoms with Crippen LogP contribution in [0.1, 0.15) is 12.7 Å². The van der Waals surface area contributed by atoms with Crippen LogP contribution in [0.4, 0.5) is 11.6 Å². The Morgan fingerprint density at radius 2 is 2.06 bits per heavy atom. The van der Waals surface area contributed by atoms with Gasteiger partial charge in [0.15, 0.2) is 0 Å². The molecule has 0 aliphatic carbocycles. The number of hydrogen-bond donors (Lipinski definition) is 4. The second-order valence-electron chi connectivity index (χ2n) is 3.38. The summed E-state index contributed by atoms with van der Waals surface area (Å²) >= 11 is 0. The molecule has 6 nitrogen and oxygen atoms in total. The summed E-state index contributed by atoms with van der Waals surface area (Å²) in [4.78, 5) is 8.49. The molecule has 1 rings (SSSR count). The second-order valence-corrected chi connectivity index (χ2v) is 3.38. The Kier molecular flexibility index (Phi) is 4.94. The minimum Gasteiger partial charge on any atom is -0.394 e. The smallest absolute Gasteiger partial charge is 0.132 e. The Morgan fingerprint density at radius 3 is 2.62 bits per heavy atom. The molecular formula is C10H18N4O2. The maximum Gasteiger partial charge on any atom is 0.132 e. The van der Waals surface area contributed by atoms with Crippen molar-refractivity contribution in [2.45, 2.75) is 19.4 Å². The zero-order chi connectivity index (χ0) is 12.0. The van der Waals surface area contributed by atoms with Crippen molar-refractivity contribution in [3.63, 3.8) is 0 Å². The SMILES string of the molecule is CCc1nc(NC)cc(NCC(O)CO)n1. The Morgan fingerprint density at radius 1 is 1.38 bits per heavy atom. The van der Waals surface area contributed by atoms with E-state index in [0.29, 0.717) is 5.82 Å². The first-order valence-electron chi connectivity index (χ1n) is 5.28. The summed E-state index contributed by atoms with van der Waals surface area (Å²) in [6.45, 7) is 1.97. The first-order valence-corrected chi connectivity index (χ1v) is 5.28. The molecule has 90 valence electrons. The predicted molar refractivity (Wildman–Crippen MR) is 62.5 cm³/mol. The van der Waals surface area contributed by atoms with E-state index in [2.05, 4.69) is 20.6 Å². The lowest BCUT2D eigenvalue weighted by atomic mass is 10.3. The van der Waals surface area contributed by atoms with Crippen LogP contribution < -0.4 is 10.6 Å². The molecule has 0 aliphatic heterocycles. The second kappa shape index (κ2) is 6.24. The quantitative estimate of drug-likeness (QED) is 0.539. The molecule has 0 aliphatic rings. The summed E-state index contributed by atoms with van der Waals surface area (Å²) in [5.74, 6) is 2.10. The Bertz CT molecular complexity index is 310. The number of rotatable bonds is 6. The minimum absolute atomic E-state index is 0.264. The molecule has 6 heteroatoms. The molecule has 1 aromatic rings. The van der Waals surface area contributed by atoms with Crippen LogP contribution in [0.2, 0.25) is 0 Å². The molecule has 0 bridgehead atoms. The molecule has 0 saturated carbocycles. The largest absolute Gasteiger partial charge is 0.394 e. The summed E-state index contributed by atoms with van der Waals surface area (Å²) in [6.07, 6.45) is -0.0367. The first-order chi connectivity index (χ1) is 7.69. The van der Waals surface area contributed by atoms with E-state index in [0.717, 1.165) is 18.1 Å². The van der Waals surface area contributed by atoms with E-state index in [1.165, 1.54) is 0 Å². The van der Waals surface area contributed by atoms with Gasteiger partial charge in [0.2, 0.25) is 0 Å². The fourth-order valence-electron chi connectivity index (χ4n) is 1.16. The summed E-state index contributed by atoms with van der Waals surface area (Å²) in [6, 6.07) is 1.75. The van der Waals surface area contributed by atoms with Crippen molar-refractivity contribution >= 4 is 11.6 Å². The van der Waals surface area contributed by atoms with Gasteiger partial charge in [0.25, 0.3) is 0 Å². The molecule has 1 unspecified atom stereocenters. The van der Waals surface area contributed by atoms with E-state index in [1.54, 1.807) is 13.1 Å². The summed E-state index contributed by atoms with van der Waals surface area (Å²) in [5.41, 5.74) is 0. The molecule has 0 spiro atoms. The van der Waals surface area contributed by atoms with Gasteiger partial charge in [-0.15, -0.1) is 0 Å². The number of hydrogen-bond acceptors (Lipinski definition) is 6. The van der Waals surface area contributed by atoms with Crippen LogP contribution in [-0.2, 0) is 6.42 Å². The normalized spacial score (nSPS) is 12.2. The van der Waals surface area contributed by atoms with Crippen molar-refractivity contribution in [1.82, 2.24) is 9.97 Å². The van der Waals surface area contributed by atoms with Gasteiger partial charge in [-0.3, -0.25) is 0 Å². The molecular weight excluding hydrogens is 208 g/mol. The van der Waals surface area contributed by atoms with E-state index in [1.807, 2.05) is 6.92 Å². The van der Waals surface area contributed by atoms with Crippen LogP contribution in [0.15, 0.2) is 6.07 Å². The van der Waals surface area contributed by atoms with Gasteiger partial charge >= 0.3 is 0 Å². The maximum atomic E-state index is 9.20. The van der Waals surface area contributed by atoms with Gasteiger partial charge in [-0.25, -0.2) is 9.97 Å². The zero-order valence-electron chi connectivity index (χ0n) is 9.56. The van der Waals surface area contributed by atoms with Gasteiger partial charge in [0, 0.05) is 26.1 Å². The highest BCUT2D eigenvalue weighted by Crippen LogP contribution is 2.11. The van der Waals surface area contributed by atoms with Crippen LogP contribution in [0.3, 0.4) is 0 Å². The molecule has 1 heterocycles. The van der Waals surface area contributed by atoms with Gasteiger partial charge in [-0.05, 0) is 0 Å². The highest BCUT2D eigenvalue weighted by atomic mass is 16.3. The van der Waals surface area contributed by atoms with E-state index >= 15 is 0 Å². The van der Waals surface area contributed by atoms with Crippen molar-refractivity contribution in [1.29, 1.82) is 0 Å². The topological polar surface area (TPSA) is 90.3 Å². The van der Waals surface area contributed by atoms with E-state index in [-0.39, 0.29) is 13.2 Å². The number of aromatic nitrogens is 2. The van der Waals surface area contributed by atoms with Crippen molar-refractivity contribution in [2.24, 2.45) is 0 Å². The van der Waals surface area contributed by atoms with E-state index in [9.17, 15) is 5.11 Å². The molecule has 0 radical (unpaired) electrons. The number of anilines is 2. The fourth-order valence-corrected chi connectivity index (χ4v) is 1.16. The van der Waals surface area contributed by atoms with Gasteiger partial charge in [0.05, 0.1) is 12.7 Å². The predicted octanol–water partition coefficient (Wildman–Crippen LogP) is -0.154. The Labute approximate surface area is 94.7 Å². The van der Waals surface area contributed by atoms with Crippen molar-refractivity contribution < 1.29 is 10.2 Å². The average molecular weight is 226 g/mol. The summed E-state index contributed by atoms with van der Waals surface area (Å²) in [7, 11) is 1.79. The molecule has 16 heavy (non-hydrogen) atoms. The first kappa shape index (κ1) is 12.7. The van der Waals surface area contributed by atoms with Crippen molar-refractivity contribution in [3.8, 4) is 0 Å². The standard InChI is InChI=1S/C10H18N4O2/c1-3-8-13-9(11-2)4-10(14-8)12-5-7(16)6-15/h4,7,15-16H,3,5-6H2,1-2H3,(H2,11,12,13,14). The van der Waals surface area contributed by atoms with Gasteiger partial charge in [-0.2, -0.15) is 0 Å². The molecule has 0 aromatic carbocycles. The minimum atomic E-state index is -0.780. The molecule has 4 N–H and O–H groups in total. The zero-order valence-corrected chi connectivity index (χ0v) is 9.56. The monoisotopic (exact) mass is 226 g/mol. The van der Waals surface area contributed by atoms with E-state index in [4.69, 9.17) is 5.11 Å². The van der Waals surface area contributed by atoms with Crippen molar-refractivity contribution in [3.05, 3.63) is 11.9 Å². The number of nitrogens with zero attached hydrogens (tertiary/aromatic N) is 2. The van der Waals surface area contributed by atoms with Gasteiger partial charge in [0.1, 0.15) is 17.5 Å². The third-order valence-electron chi connectivity index (χ3n) is 2.07. The van der Waals surface area contributed by atoms with Crippen molar-refractivity contribution in [2.75, 3.05) is 30.8 Å². The number of aliphatic hydroxyl groups is 2. The molecule has 0 fully saturated rings. The molecule has 1 aromatic heterocycles. The molecule has 0 saturated heterocycles. The van der Waals surface area contributed by atoms with Crippen LogP contribution in [0.25, 0.3) is 0 Å². The number of aliphatic hydroxyl groups excluding tert-OH is 2. The van der Waals surface area contributed by atoms with E-state index < -0.39 is 6.10 Å². The van der Waals surface area contributed by atoms with Crippen LogP contribution in [-0.4, -0.2) is 46.5 Å². The highest BCUT2D eigenvalue weighted by Gasteiger charge is 2.05. The highest BCUT2D eigenvalue weighted by molar-refractivity contribution is 5.47. The fraction of sp³-hybridized carbons (Fsp3) is 0.600. The van der Waals surface area contributed by atoms with Crippen LogP contribution in [0, 0.1) is 0 Å². The lowest BCUT2D eigenvalue weighted by Crippen LogP contribution is -2.23. The van der Waals surface area contributed by atoms with Gasteiger partial charge in [-0.1, -0.05) is 6.92 Å². The summed E-state index contributed by atoms with van der Waals surface area (Å²) in [5, 5.41) is 23.8.